The summed E-state index contributed by atoms with van der Waals surface area (Å²) >= 11 is 0. The van der Waals surface area contributed by atoms with Gasteiger partial charge in [-0.15, -0.1) is 0 Å². The van der Waals surface area contributed by atoms with Crippen molar-refractivity contribution in [2.45, 2.75) is 65.0 Å². The third-order valence-electron chi connectivity index (χ3n) is 4.69. The standard InChI is InChI=1S/C16H27N3O/c1-4-10-18-13-9-17-15(18)14(20)16(5-2,6-3)19-11-7-8-12-19/h9,13H,4-8,10-12H2,1-3H3. The van der Waals surface area contributed by atoms with Crippen molar-refractivity contribution in [2.75, 3.05) is 13.1 Å². The van der Waals surface area contributed by atoms with E-state index >= 15 is 0 Å². The first-order chi connectivity index (χ1) is 9.69. The van der Waals surface area contributed by atoms with Gasteiger partial charge in [0.2, 0.25) is 5.78 Å². The number of hydrogen-bond donors (Lipinski definition) is 0. The number of rotatable bonds is 7. The van der Waals surface area contributed by atoms with Crippen LogP contribution in [0.25, 0.3) is 0 Å². The number of carbonyl (C=O) groups is 1. The second kappa shape index (κ2) is 6.53. The fraction of sp³-hybridized carbons (Fsp3) is 0.750. The molecule has 1 aliphatic heterocycles. The van der Waals surface area contributed by atoms with Crippen molar-refractivity contribution in [1.82, 2.24) is 14.5 Å². The van der Waals surface area contributed by atoms with Crippen molar-refractivity contribution in [2.24, 2.45) is 0 Å². The molecule has 0 aliphatic carbocycles. The number of Topliss-reactive ketones (excluding diaryl/α,β-unsaturated/α-hetero) is 1. The summed E-state index contributed by atoms with van der Waals surface area (Å²) < 4.78 is 2.01. The SMILES string of the molecule is CCCn1ccnc1C(=O)C(CC)(CC)N1CCCC1. The Labute approximate surface area is 122 Å². The molecule has 1 saturated heterocycles. The van der Waals surface area contributed by atoms with Gasteiger partial charge in [0.25, 0.3) is 0 Å². The Morgan fingerprint density at radius 1 is 1.25 bits per heavy atom. The number of likely N-dealkylation sites (tertiary alicyclic amines) is 1. The van der Waals surface area contributed by atoms with E-state index < -0.39 is 0 Å². The van der Waals surface area contributed by atoms with Crippen LogP contribution in [0, 0.1) is 0 Å². The molecule has 0 atom stereocenters. The van der Waals surface area contributed by atoms with Crippen molar-refractivity contribution >= 4 is 5.78 Å². The molecule has 0 spiro atoms. The van der Waals surface area contributed by atoms with Crippen molar-refractivity contribution in [1.29, 1.82) is 0 Å². The summed E-state index contributed by atoms with van der Waals surface area (Å²) in [6.07, 6.45) is 8.84. The summed E-state index contributed by atoms with van der Waals surface area (Å²) in [6.45, 7) is 9.34. The lowest BCUT2D eigenvalue weighted by Gasteiger charge is -2.39. The van der Waals surface area contributed by atoms with E-state index in [9.17, 15) is 4.79 Å². The summed E-state index contributed by atoms with van der Waals surface area (Å²) in [5, 5.41) is 0. The highest BCUT2D eigenvalue weighted by atomic mass is 16.1. The summed E-state index contributed by atoms with van der Waals surface area (Å²) in [7, 11) is 0. The molecule has 1 aliphatic rings. The largest absolute Gasteiger partial charge is 0.328 e. The minimum absolute atomic E-state index is 0.211. The Balaban J connectivity index is 2.33. The first-order valence-corrected chi connectivity index (χ1v) is 8.00. The predicted octanol–water partition coefficient (Wildman–Crippen LogP) is 3.13. The third-order valence-corrected chi connectivity index (χ3v) is 4.69. The van der Waals surface area contributed by atoms with Crippen LogP contribution < -0.4 is 0 Å². The number of imidazole rings is 1. The Morgan fingerprint density at radius 2 is 1.90 bits per heavy atom. The van der Waals surface area contributed by atoms with E-state index in [0.717, 1.165) is 38.9 Å². The van der Waals surface area contributed by atoms with Gasteiger partial charge in [0.05, 0.1) is 5.54 Å². The first-order valence-electron chi connectivity index (χ1n) is 8.00. The highest BCUT2D eigenvalue weighted by Gasteiger charge is 2.43. The molecule has 4 heteroatoms. The fourth-order valence-electron chi connectivity index (χ4n) is 3.45. The van der Waals surface area contributed by atoms with Crippen LogP contribution in [0.15, 0.2) is 12.4 Å². The topological polar surface area (TPSA) is 38.1 Å². The quantitative estimate of drug-likeness (QED) is 0.719. The van der Waals surface area contributed by atoms with E-state index in [1.807, 2.05) is 10.8 Å². The highest BCUT2D eigenvalue weighted by molar-refractivity contribution is 6.00. The normalized spacial score (nSPS) is 16.8. The van der Waals surface area contributed by atoms with Crippen LogP contribution in [0.5, 0.6) is 0 Å². The predicted molar refractivity (Wildman–Crippen MR) is 81.0 cm³/mol. The van der Waals surface area contributed by atoms with E-state index in [4.69, 9.17) is 0 Å². The molecule has 1 fully saturated rings. The molecule has 4 nitrogen and oxygen atoms in total. The van der Waals surface area contributed by atoms with Crippen LogP contribution in [0.4, 0.5) is 0 Å². The monoisotopic (exact) mass is 277 g/mol. The molecule has 0 aromatic carbocycles. The van der Waals surface area contributed by atoms with Crippen molar-refractivity contribution < 1.29 is 4.79 Å². The Hall–Kier alpha value is -1.16. The van der Waals surface area contributed by atoms with Crippen LogP contribution in [0.3, 0.4) is 0 Å². The van der Waals surface area contributed by atoms with Gasteiger partial charge in [-0.2, -0.15) is 0 Å². The van der Waals surface area contributed by atoms with Crippen molar-refractivity contribution in [3.8, 4) is 0 Å². The van der Waals surface area contributed by atoms with Gasteiger partial charge in [-0.3, -0.25) is 9.69 Å². The molecule has 0 bridgehead atoms. The van der Waals surface area contributed by atoms with Gasteiger partial charge >= 0.3 is 0 Å². The Morgan fingerprint density at radius 3 is 2.45 bits per heavy atom. The van der Waals surface area contributed by atoms with Crippen molar-refractivity contribution in [3.05, 3.63) is 18.2 Å². The summed E-state index contributed by atoms with van der Waals surface area (Å²) in [4.78, 5) is 19.9. The van der Waals surface area contributed by atoms with Crippen LogP contribution in [-0.4, -0.2) is 38.9 Å². The highest BCUT2D eigenvalue weighted by Crippen LogP contribution is 2.31. The molecule has 1 aromatic rings. The minimum atomic E-state index is -0.354. The molecule has 0 unspecified atom stereocenters. The summed E-state index contributed by atoms with van der Waals surface area (Å²) in [5.74, 6) is 0.852. The molecule has 2 heterocycles. The molecular formula is C16H27N3O. The number of ketones is 1. The molecule has 20 heavy (non-hydrogen) atoms. The smallest absolute Gasteiger partial charge is 0.218 e. The van der Waals surface area contributed by atoms with Crippen molar-refractivity contribution in [3.63, 3.8) is 0 Å². The molecule has 112 valence electrons. The average Bonchev–Trinajstić information content (AvgIpc) is 3.12. The zero-order valence-electron chi connectivity index (χ0n) is 13.1. The van der Waals surface area contributed by atoms with Crippen LogP contribution in [0.1, 0.15) is 63.5 Å². The number of carbonyl (C=O) groups excluding carboxylic acids is 1. The zero-order valence-corrected chi connectivity index (χ0v) is 13.1. The minimum Gasteiger partial charge on any atom is -0.328 e. The van der Waals surface area contributed by atoms with Gasteiger partial charge < -0.3 is 4.57 Å². The average molecular weight is 277 g/mol. The molecule has 1 aromatic heterocycles. The van der Waals surface area contributed by atoms with Crippen LogP contribution >= 0.6 is 0 Å². The van der Waals surface area contributed by atoms with Gasteiger partial charge in [0.1, 0.15) is 0 Å². The van der Waals surface area contributed by atoms with Gasteiger partial charge in [-0.1, -0.05) is 20.8 Å². The fourth-order valence-corrected chi connectivity index (χ4v) is 3.45. The molecule has 0 saturated carbocycles. The molecule has 0 radical (unpaired) electrons. The van der Waals surface area contributed by atoms with E-state index in [1.54, 1.807) is 6.20 Å². The second-order valence-corrected chi connectivity index (χ2v) is 5.71. The lowest BCUT2D eigenvalue weighted by Crippen LogP contribution is -2.53. The van der Waals surface area contributed by atoms with E-state index in [2.05, 4.69) is 30.7 Å². The maximum absolute atomic E-state index is 13.1. The number of nitrogens with zero attached hydrogens (tertiary/aromatic N) is 3. The third kappa shape index (κ3) is 2.53. The summed E-state index contributed by atoms with van der Waals surface area (Å²) in [6, 6.07) is 0. The van der Waals surface area contributed by atoms with E-state index in [1.165, 1.54) is 12.8 Å². The molecular weight excluding hydrogens is 250 g/mol. The molecule has 2 rings (SSSR count). The molecule has 0 N–H and O–H groups in total. The lowest BCUT2D eigenvalue weighted by molar-refractivity contribution is 0.0565. The van der Waals surface area contributed by atoms with Gasteiger partial charge in [0, 0.05) is 18.9 Å². The van der Waals surface area contributed by atoms with Gasteiger partial charge in [-0.25, -0.2) is 4.98 Å². The molecule has 0 amide bonds. The number of aromatic nitrogens is 2. The van der Waals surface area contributed by atoms with E-state index in [-0.39, 0.29) is 11.3 Å². The van der Waals surface area contributed by atoms with Gasteiger partial charge in [0.15, 0.2) is 5.82 Å². The number of hydrogen-bond acceptors (Lipinski definition) is 3. The Kier molecular flexibility index (Phi) is 4.97. The maximum Gasteiger partial charge on any atom is 0.218 e. The number of aryl methyl sites for hydroxylation is 1. The van der Waals surface area contributed by atoms with Gasteiger partial charge in [-0.05, 0) is 45.2 Å². The van der Waals surface area contributed by atoms with Crippen LogP contribution in [-0.2, 0) is 6.54 Å². The maximum atomic E-state index is 13.1. The summed E-state index contributed by atoms with van der Waals surface area (Å²) in [5.41, 5.74) is -0.354. The zero-order chi connectivity index (χ0) is 14.6. The first kappa shape index (κ1) is 15.2. The van der Waals surface area contributed by atoms with Crippen LogP contribution in [0.2, 0.25) is 0 Å². The Bertz CT molecular complexity index is 442. The lowest BCUT2D eigenvalue weighted by atomic mass is 9.85. The second-order valence-electron chi connectivity index (χ2n) is 5.71. The van der Waals surface area contributed by atoms with E-state index in [0.29, 0.717) is 5.82 Å².